The quantitative estimate of drug-likeness (QED) is 0.176. The molecular weight excluding hydrogens is 701 g/mol. The Balaban J connectivity index is 1.07. The van der Waals surface area contributed by atoms with Crippen LogP contribution < -0.4 is 0 Å². The van der Waals surface area contributed by atoms with E-state index in [1.54, 1.807) is 0 Å². The topological polar surface area (TPSA) is 69.9 Å². The molecule has 4 aromatic heterocycles. The van der Waals surface area contributed by atoms with Crippen LogP contribution in [0.25, 0.3) is 117 Å². The number of hydrogen-bond acceptors (Lipinski definition) is 5. The smallest absolute Gasteiger partial charge is 0.164 e. The molecule has 12 aromatic rings. The van der Waals surface area contributed by atoms with Crippen molar-refractivity contribution in [3.63, 3.8) is 0 Å². The third kappa shape index (κ3) is 4.81. The molecule has 0 saturated carbocycles. The highest BCUT2D eigenvalue weighted by atomic mass is 16.3. The molecule has 57 heavy (non-hydrogen) atoms. The van der Waals surface area contributed by atoms with Gasteiger partial charge in [0.05, 0.1) is 22.1 Å². The van der Waals surface area contributed by atoms with Gasteiger partial charge in [0.15, 0.2) is 17.5 Å². The predicted molar refractivity (Wildman–Crippen MR) is 230 cm³/mol. The summed E-state index contributed by atoms with van der Waals surface area (Å²) in [4.78, 5) is 15.1. The van der Waals surface area contributed by atoms with Gasteiger partial charge in [-0.1, -0.05) is 152 Å². The van der Waals surface area contributed by atoms with Crippen molar-refractivity contribution in [1.29, 1.82) is 0 Å². The van der Waals surface area contributed by atoms with Crippen molar-refractivity contribution < 1.29 is 8.83 Å². The normalized spacial score (nSPS) is 11.9. The Kier molecular flexibility index (Phi) is 6.83. The highest BCUT2D eigenvalue weighted by Gasteiger charge is 2.23. The van der Waals surface area contributed by atoms with E-state index in [4.69, 9.17) is 23.8 Å². The van der Waals surface area contributed by atoms with E-state index in [1.807, 2.05) is 72.8 Å². The van der Waals surface area contributed by atoms with Gasteiger partial charge in [0.2, 0.25) is 0 Å². The Morgan fingerprint density at radius 1 is 0.333 bits per heavy atom. The third-order valence-corrected chi connectivity index (χ3v) is 11.1. The number of para-hydroxylation sites is 4. The van der Waals surface area contributed by atoms with Crippen molar-refractivity contribution in [2.75, 3.05) is 0 Å². The lowest BCUT2D eigenvalue weighted by Crippen LogP contribution is -2.00. The van der Waals surface area contributed by atoms with E-state index in [2.05, 4.69) is 114 Å². The van der Waals surface area contributed by atoms with Crippen LogP contribution in [0.15, 0.2) is 191 Å². The van der Waals surface area contributed by atoms with Crippen molar-refractivity contribution >= 4 is 65.7 Å². The van der Waals surface area contributed by atoms with E-state index in [0.29, 0.717) is 17.5 Å². The largest absolute Gasteiger partial charge is 0.455 e. The summed E-state index contributed by atoms with van der Waals surface area (Å²) in [5.41, 5.74) is 11.2. The predicted octanol–water partition coefficient (Wildman–Crippen LogP) is 13.4. The summed E-state index contributed by atoms with van der Waals surface area (Å²) in [5, 5.41) is 6.47. The van der Waals surface area contributed by atoms with Crippen LogP contribution in [0.4, 0.5) is 0 Å². The van der Waals surface area contributed by atoms with Crippen LogP contribution in [-0.2, 0) is 0 Å². The van der Waals surface area contributed by atoms with Gasteiger partial charge in [0.1, 0.15) is 22.3 Å². The number of nitrogens with zero attached hydrogens (tertiary/aromatic N) is 4. The summed E-state index contributed by atoms with van der Waals surface area (Å²) >= 11 is 0. The van der Waals surface area contributed by atoms with E-state index in [1.165, 1.54) is 10.8 Å². The lowest BCUT2D eigenvalue weighted by atomic mass is 9.98. The van der Waals surface area contributed by atoms with E-state index < -0.39 is 0 Å². The molecule has 12 rings (SSSR count). The first-order valence-electron chi connectivity index (χ1n) is 19.0. The van der Waals surface area contributed by atoms with Gasteiger partial charge in [-0.2, -0.15) is 0 Å². The van der Waals surface area contributed by atoms with E-state index in [9.17, 15) is 0 Å². The summed E-state index contributed by atoms with van der Waals surface area (Å²) in [6.45, 7) is 0. The van der Waals surface area contributed by atoms with Gasteiger partial charge in [-0.15, -0.1) is 0 Å². The minimum atomic E-state index is 0.582. The lowest BCUT2D eigenvalue weighted by Gasteiger charge is -2.09. The van der Waals surface area contributed by atoms with Gasteiger partial charge in [-0.3, -0.25) is 0 Å². The van der Waals surface area contributed by atoms with Crippen LogP contribution in [0.5, 0.6) is 0 Å². The maximum Gasteiger partial charge on any atom is 0.164 e. The SMILES string of the molecule is c1ccc(-c2nc(-c3ccccc3)nc(-c3cccc4oc5c(-c6cccc7c6oc6cccc(-n8c9ccccc9c9ccccc98)c67)cccc5c34)n2)cc1. The van der Waals surface area contributed by atoms with Crippen molar-refractivity contribution in [3.8, 4) is 51.0 Å². The summed E-state index contributed by atoms with van der Waals surface area (Å²) in [7, 11) is 0. The maximum atomic E-state index is 6.85. The van der Waals surface area contributed by atoms with Gasteiger partial charge in [-0.25, -0.2) is 15.0 Å². The van der Waals surface area contributed by atoms with E-state index in [-0.39, 0.29) is 0 Å². The Morgan fingerprint density at radius 3 is 1.37 bits per heavy atom. The fraction of sp³-hybridized carbons (Fsp3) is 0. The first kappa shape index (κ1) is 31.5. The fourth-order valence-electron chi connectivity index (χ4n) is 8.58. The molecule has 0 radical (unpaired) electrons. The summed E-state index contributed by atoms with van der Waals surface area (Å²) in [6, 6.07) is 62.5. The van der Waals surface area contributed by atoms with Crippen LogP contribution in [-0.4, -0.2) is 19.5 Å². The van der Waals surface area contributed by atoms with Crippen molar-refractivity contribution in [2.24, 2.45) is 0 Å². The van der Waals surface area contributed by atoms with E-state index in [0.717, 1.165) is 88.4 Å². The second-order valence-electron chi connectivity index (χ2n) is 14.3. The average Bonchev–Trinajstić information content (AvgIpc) is 3.97. The number of benzene rings is 8. The standard InChI is InChI=1S/C51H30N4O2/c1-3-15-31(16-4-1)49-52-50(32-17-5-2-6-18-32)54-51(53-49)39-25-13-29-43-45(39)37-23-11-21-35(47(37)56-43)36-22-12-24-38-46-42(28-14-30-44(46)57-48(36)38)55-40-26-9-7-19-33(40)34-20-8-10-27-41(34)55/h1-30H. The lowest BCUT2D eigenvalue weighted by molar-refractivity contribution is 0.665. The number of hydrogen-bond donors (Lipinski definition) is 0. The van der Waals surface area contributed by atoms with Gasteiger partial charge in [0, 0.05) is 54.7 Å². The molecule has 0 atom stereocenters. The van der Waals surface area contributed by atoms with Crippen LogP contribution in [0.3, 0.4) is 0 Å². The van der Waals surface area contributed by atoms with Crippen molar-refractivity contribution in [2.45, 2.75) is 0 Å². The molecule has 4 heterocycles. The summed E-state index contributed by atoms with van der Waals surface area (Å²) in [5.74, 6) is 1.81. The molecule has 0 unspecified atom stereocenters. The van der Waals surface area contributed by atoms with Gasteiger partial charge in [0.25, 0.3) is 0 Å². The molecule has 6 heteroatoms. The van der Waals surface area contributed by atoms with Gasteiger partial charge >= 0.3 is 0 Å². The summed E-state index contributed by atoms with van der Waals surface area (Å²) in [6.07, 6.45) is 0. The minimum absolute atomic E-state index is 0.582. The first-order chi connectivity index (χ1) is 28.3. The molecule has 0 aliphatic rings. The fourth-order valence-corrected chi connectivity index (χ4v) is 8.58. The number of furan rings is 2. The molecule has 0 fully saturated rings. The Morgan fingerprint density at radius 2 is 0.772 bits per heavy atom. The molecule has 8 aromatic carbocycles. The summed E-state index contributed by atoms with van der Waals surface area (Å²) < 4.78 is 16.0. The molecule has 0 saturated heterocycles. The zero-order valence-corrected chi connectivity index (χ0v) is 30.4. The molecular formula is C51H30N4O2. The average molecular weight is 731 g/mol. The van der Waals surface area contributed by atoms with Gasteiger partial charge < -0.3 is 13.4 Å². The third-order valence-electron chi connectivity index (χ3n) is 11.1. The molecule has 6 nitrogen and oxygen atoms in total. The highest BCUT2D eigenvalue weighted by molar-refractivity contribution is 6.19. The molecule has 266 valence electrons. The number of fused-ring (bicyclic) bond motifs is 9. The number of rotatable bonds is 5. The minimum Gasteiger partial charge on any atom is -0.455 e. The molecule has 0 aliphatic heterocycles. The van der Waals surface area contributed by atoms with Crippen molar-refractivity contribution in [3.05, 3.63) is 182 Å². The highest BCUT2D eigenvalue weighted by Crippen LogP contribution is 2.45. The zero-order chi connectivity index (χ0) is 37.5. The zero-order valence-electron chi connectivity index (χ0n) is 30.4. The van der Waals surface area contributed by atoms with Gasteiger partial charge in [-0.05, 0) is 30.3 Å². The van der Waals surface area contributed by atoms with Crippen LogP contribution >= 0.6 is 0 Å². The van der Waals surface area contributed by atoms with Crippen LogP contribution in [0, 0.1) is 0 Å². The van der Waals surface area contributed by atoms with E-state index >= 15 is 0 Å². The molecule has 0 amide bonds. The Labute approximate surface area is 325 Å². The Hall–Kier alpha value is -7.83. The molecule has 0 spiro atoms. The second kappa shape index (κ2) is 12.3. The monoisotopic (exact) mass is 730 g/mol. The molecule has 0 aliphatic carbocycles. The first-order valence-corrected chi connectivity index (χ1v) is 19.0. The number of aromatic nitrogens is 4. The Bertz CT molecular complexity index is 3410. The van der Waals surface area contributed by atoms with Crippen LogP contribution in [0.1, 0.15) is 0 Å². The second-order valence-corrected chi connectivity index (χ2v) is 14.3. The van der Waals surface area contributed by atoms with Crippen molar-refractivity contribution in [1.82, 2.24) is 19.5 Å². The molecule has 0 N–H and O–H groups in total. The maximum absolute atomic E-state index is 6.85. The van der Waals surface area contributed by atoms with Crippen LogP contribution in [0.2, 0.25) is 0 Å². The molecule has 0 bridgehead atoms.